The Hall–Kier alpha value is -0.0800. The zero-order valence-electron chi connectivity index (χ0n) is 19.4. The fraction of sp³-hybridized carbons (Fsp3) is 1.00. The van der Waals surface area contributed by atoms with Gasteiger partial charge in [-0.25, -0.2) is 0 Å². The molecule has 0 aliphatic heterocycles. The molecule has 0 aromatic rings. The molecular weight excluding hydrogens is 344 g/mol. The fourth-order valence-corrected chi connectivity index (χ4v) is 8.27. The van der Waals surface area contributed by atoms with Gasteiger partial charge in [-0.1, -0.05) is 53.9 Å². The number of hydrogen-bond acceptors (Lipinski definition) is 2. The van der Waals surface area contributed by atoms with Gasteiger partial charge in [0.05, 0.1) is 6.10 Å². The van der Waals surface area contributed by atoms with Gasteiger partial charge in [-0.15, -0.1) is 0 Å². The Morgan fingerprint density at radius 1 is 0.893 bits per heavy atom. The van der Waals surface area contributed by atoms with E-state index in [-0.39, 0.29) is 18.1 Å². The molecule has 3 fully saturated rings. The van der Waals surface area contributed by atoms with Gasteiger partial charge in [0.15, 0.2) is 0 Å². The van der Waals surface area contributed by atoms with Gasteiger partial charge in [0.2, 0.25) is 0 Å². The number of rotatable bonds is 8. The van der Waals surface area contributed by atoms with Gasteiger partial charge in [0.25, 0.3) is 0 Å². The summed E-state index contributed by atoms with van der Waals surface area (Å²) in [6.45, 7) is 12.5. The number of fused-ring (bicyclic) bond motifs is 3. The molecule has 2 heteroatoms. The highest BCUT2D eigenvalue weighted by Gasteiger charge is 2.59. The molecule has 0 amide bonds. The average Bonchev–Trinajstić information content (AvgIpc) is 3.00. The molecule has 3 aliphatic rings. The van der Waals surface area contributed by atoms with Gasteiger partial charge in [-0.3, -0.25) is 0 Å². The van der Waals surface area contributed by atoms with E-state index in [2.05, 4.69) is 34.6 Å². The van der Waals surface area contributed by atoms with E-state index in [1.54, 1.807) is 0 Å². The van der Waals surface area contributed by atoms with Crippen molar-refractivity contribution in [3.8, 4) is 0 Å². The molecule has 3 rings (SSSR count). The maximum absolute atomic E-state index is 10.9. The van der Waals surface area contributed by atoms with E-state index in [1.165, 1.54) is 51.4 Å². The van der Waals surface area contributed by atoms with Crippen LogP contribution in [-0.2, 0) is 0 Å². The largest absolute Gasteiger partial charge is 0.396 e. The van der Waals surface area contributed by atoms with Crippen molar-refractivity contribution in [2.24, 2.45) is 46.3 Å². The van der Waals surface area contributed by atoms with Gasteiger partial charge in [-0.2, -0.15) is 0 Å². The number of hydrogen-bond donors (Lipinski definition) is 2. The third kappa shape index (κ3) is 4.07. The van der Waals surface area contributed by atoms with Crippen LogP contribution in [0.25, 0.3) is 0 Å². The lowest BCUT2D eigenvalue weighted by molar-refractivity contribution is -0.133. The summed E-state index contributed by atoms with van der Waals surface area (Å²) in [5.41, 5.74) is 0.548. The SMILES string of the molecule is CC(C)CCCC(C)C1CCC2C3CCC(O)C(C)(CCCO)C3CCC12C. The van der Waals surface area contributed by atoms with E-state index in [9.17, 15) is 10.2 Å². The summed E-state index contributed by atoms with van der Waals surface area (Å²) >= 11 is 0. The normalized spacial score (nSPS) is 44.4. The Morgan fingerprint density at radius 2 is 1.64 bits per heavy atom. The molecule has 164 valence electrons. The molecule has 0 bridgehead atoms. The highest BCUT2D eigenvalue weighted by atomic mass is 16.3. The summed E-state index contributed by atoms with van der Waals surface area (Å²) in [4.78, 5) is 0. The second-order valence-corrected chi connectivity index (χ2v) is 11.8. The summed E-state index contributed by atoms with van der Waals surface area (Å²) in [5.74, 6) is 4.93. The highest BCUT2D eigenvalue weighted by molar-refractivity contribution is 5.08. The summed E-state index contributed by atoms with van der Waals surface area (Å²) in [6.07, 6.45) is 13.6. The lowest BCUT2D eigenvalue weighted by Gasteiger charge is -2.58. The molecule has 2 N–H and O–H groups in total. The predicted molar refractivity (Wildman–Crippen MR) is 118 cm³/mol. The molecule has 0 aromatic heterocycles. The minimum Gasteiger partial charge on any atom is -0.396 e. The van der Waals surface area contributed by atoms with Gasteiger partial charge in [0, 0.05) is 6.61 Å². The summed E-state index contributed by atoms with van der Waals surface area (Å²) < 4.78 is 0. The quantitative estimate of drug-likeness (QED) is 0.499. The maximum Gasteiger partial charge on any atom is 0.0596 e. The number of aliphatic hydroxyl groups is 2. The van der Waals surface area contributed by atoms with Crippen LogP contribution in [0.4, 0.5) is 0 Å². The Labute approximate surface area is 174 Å². The van der Waals surface area contributed by atoms with Gasteiger partial charge in [0.1, 0.15) is 0 Å². The van der Waals surface area contributed by atoms with Crippen LogP contribution < -0.4 is 0 Å². The van der Waals surface area contributed by atoms with Crippen LogP contribution in [0.5, 0.6) is 0 Å². The van der Waals surface area contributed by atoms with Crippen molar-refractivity contribution in [1.29, 1.82) is 0 Å². The maximum atomic E-state index is 10.9. The molecule has 3 saturated carbocycles. The monoisotopic (exact) mass is 392 g/mol. The third-order valence-electron chi connectivity index (χ3n) is 9.89. The molecule has 3 aliphatic carbocycles. The van der Waals surface area contributed by atoms with E-state index >= 15 is 0 Å². The molecular formula is C26H48O2. The number of aliphatic hydroxyl groups excluding tert-OH is 2. The van der Waals surface area contributed by atoms with Crippen molar-refractivity contribution in [2.45, 2.75) is 111 Å². The molecule has 0 spiro atoms. The van der Waals surface area contributed by atoms with Gasteiger partial charge >= 0.3 is 0 Å². The van der Waals surface area contributed by atoms with Crippen LogP contribution in [0, 0.1) is 46.3 Å². The molecule has 8 unspecified atom stereocenters. The molecule has 0 aromatic carbocycles. The molecule has 0 radical (unpaired) electrons. The Kier molecular flexibility index (Phi) is 7.24. The first-order chi connectivity index (χ1) is 13.2. The highest BCUT2D eigenvalue weighted by Crippen LogP contribution is 2.66. The summed E-state index contributed by atoms with van der Waals surface area (Å²) in [7, 11) is 0. The van der Waals surface area contributed by atoms with E-state index in [1.807, 2.05) is 0 Å². The second-order valence-electron chi connectivity index (χ2n) is 11.8. The summed E-state index contributed by atoms with van der Waals surface area (Å²) in [6, 6.07) is 0. The second kappa shape index (κ2) is 8.96. The minimum absolute atomic E-state index is 0.0218. The average molecular weight is 393 g/mol. The smallest absolute Gasteiger partial charge is 0.0596 e. The van der Waals surface area contributed by atoms with E-state index in [0.29, 0.717) is 11.3 Å². The van der Waals surface area contributed by atoms with Crippen LogP contribution >= 0.6 is 0 Å². The Balaban J connectivity index is 1.71. The van der Waals surface area contributed by atoms with Crippen molar-refractivity contribution in [2.75, 3.05) is 6.61 Å². The molecule has 0 saturated heterocycles. The van der Waals surface area contributed by atoms with Crippen molar-refractivity contribution >= 4 is 0 Å². The molecule has 8 atom stereocenters. The van der Waals surface area contributed by atoms with Crippen molar-refractivity contribution in [3.63, 3.8) is 0 Å². The third-order valence-corrected chi connectivity index (χ3v) is 9.89. The topological polar surface area (TPSA) is 40.5 Å². The molecule has 2 nitrogen and oxygen atoms in total. The van der Waals surface area contributed by atoms with E-state index in [0.717, 1.165) is 48.9 Å². The van der Waals surface area contributed by atoms with Gasteiger partial charge in [-0.05, 0) is 97.7 Å². The van der Waals surface area contributed by atoms with E-state index < -0.39 is 0 Å². The first kappa shape index (κ1) is 22.6. The van der Waals surface area contributed by atoms with Crippen LogP contribution in [-0.4, -0.2) is 22.9 Å². The van der Waals surface area contributed by atoms with E-state index in [4.69, 9.17) is 0 Å². The zero-order valence-corrected chi connectivity index (χ0v) is 19.4. The predicted octanol–water partition coefficient (Wildman–Crippen LogP) is 6.44. The first-order valence-electron chi connectivity index (χ1n) is 12.5. The van der Waals surface area contributed by atoms with Crippen molar-refractivity contribution in [1.82, 2.24) is 0 Å². The molecule has 0 heterocycles. The van der Waals surface area contributed by atoms with Gasteiger partial charge < -0.3 is 10.2 Å². The van der Waals surface area contributed by atoms with Crippen LogP contribution in [0.15, 0.2) is 0 Å². The molecule has 28 heavy (non-hydrogen) atoms. The minimum atomic E-state index is -0.170. The van der Waals surface area contributed by atoms with Crippen LogP contribution in [0.3, 0.4) is 0 Å². The lowest BCUT2D eigenvalue weighted by atomic mass is 9.47. The van der Waals surface area contributed by atoms with Crippen molar-refractivity contribution in [3.05, 3.63) is 0 Å². The standard InChI is InChI=1S/C26H48O2/c1-18(2)8-6-9-19(3)21-11-12-22-20-10-13-24(28)26(5,15-7-17-27)23(20)14-16-25(21,22)4/h18-24,27-28H,6-17H2,1-5H3. The Morgan fingerprint density at radius 3 is 2.32 bits per heavy atom. The fourth-order valence-electron chi connectivity index (χ4n) is 8.27. The van der Waals surface area contributed by atoms with Crippen LogP contribution in [0.1, 0.15) is 105 Å². The first-order valence-corrected chi connectivity index (χ1v) is 12.5. The van der Waals surface area contributed by atoms with Crippen molar-refractivity contribution < 1.29 is 10.2 Å². The zero-order chi connectivity index (χ0) is 20.5. The summed E-state index contributed by atoms with van der Waals surface area (Å²) in [5, 5.41) is 20.3. The lowest BCUT2D eigenvalue weighted by Crippen LogP contribution is -2.54. The van der Waals surface area contributed by atoms with Crippen LogP contribution in [0.2, 0.25) is 0 Å². The Bertz CT molecular complexity index is 503.